The Hall–Kier alpha value is -2.19. The number of ketones is 1. The highest BCUT2D eigenvalue weighted by Crippen LogP contribution is 2.51. The molecular formula is C17H12O2. The van der Waals surface area contributed by atoms with Crippen molar-refractivity contribution < 1.29 is 9.90 Å². The summed E-state index contributed by atoms with van der Waals surface area (Å²) in [7, 11) is 0. The molecule has 19 heavy (non-hydrogen) atoms. The maximum Gasteiger partial charge on any atom is 0.184 e. The lowest BCUT2D eigenvalue weighted by Gasteiger charge is -2.23. The molecule has 2 aliphatic carbocycles. The number of rotatable bonds is 0. The average Bonchev–Trinajstić information content (AvgIpc) is 2.95. The normalized spacial score (nSPS) is 26.8. The summed E-state index contributed by atoms with van der Waals surface area (Å²) in [5.74, 6) is -0.144. The molecule has 0 heterocycles. The number of benzene rings is 2. The number of hydrogen-bond donors (Lipinski definition) is 1. The van der Waals surface area contributed by atoms with E-state index in [4.69, 9.17) is 0 Å². The van der Waals surface area contributed by atoms with Gasteiger partial charge < -0.3 is 5.11 Å². The van der Waals surface area contributed by atoms with Gasteiger partial charge in [0.25, 0.3) is 0 Å². The third kappa shape index (κ3) is 1.12. The molecule has 92 valence electrons. The molecule has 1 spiro atoms. The number of aliphatic hydroxyl groups excluding tert-OH is 1. The zero-order chi connectivity index (χ0) is 13.0. The van der Waals surface area contributed by atoms with Crippen molar-refractivity contribution in [1.29, 1.82) is 0 Å². The van der Waals surface area contributed by atoms with Crippen LogP contribution in [-0.4, -0.2) is 10.9 Å². The number of carbonyl (C=O) groups is 1. The summed E-state index contributed by atoms with van der Waals surface area (Å²) in [6.45, 7) is 0. The molecule has 0 saturated carbocycles. The van der Waals surface area contributed by atoms with Gasteiger partial charge in [-0.2, -0.15) is 0 Å². The molecule has 2 aliphatic rings. The van der Waals surface area contributed by atoms with Crippen LogP contribution in [0.5, 0.6) is 0 Å². The van der Waals surface area contributed by atoms with Crippen LogP contribution in [0.4, 0.5) is 0 Å². The fourth-order valence-corrected chi connectivity index (χ4v) is 3.34. The molecule has 0 fully saturated rings. The molecule has 0 amide bonds. The first-order valence-corrected chi connectivity index (χ1v) is 6.36. The van der Waals surface area contributed by atoms with Crippen molar-refractivity contribution in [3.8, 4) is 0 Å². The summed E-state index contributed by atoms with van der Waals surface area (Å²) in [6, 6.07) is 15.4. The third-order valence-electron chi connectivity index (χ3n) is 4.22. The molecule has 1 N–H and O–H groups in total. The molecule has 0 saturated heterocycles. The van der Waals surface area contributed by atoms with Crippen LogP contribution < -0.4 is 0 Å². The third-order valence-corrected chi connectivity index (χ3v) is 4.22. The van der Waals surface area contributed by atoms with Crippen LogP contribution in [0.2, 0.25) is 0 Å². The summed E-state index contributed by atoms with van der Waals surface area (Å²) >= 11 is 0. The van der Waals surface area contributed by atoms with Gasteiger partial charge in [0.2, 0.25) is 0 Å². The van der Waals surface area contributed by atoms with E-state index in [0.717, 1.165) is 22.3 Å². The van der Waals surface area contributed by atoms with Crippen molar-refractivity contribution in [2.24, 2.45) is 0 Å². The Morgan fingerprint density at radius 1 is 0.947 bits per heavy atom. The van der Waals surface area contributed by atoms with Crippen molar-refractivity contribution in [1.82, 2.24) is 0 Å². The van der Waals surface area contributed by atoms with Gasteiger partial charge in [-0.05, 0) is 22.3 Å². The maximum absolute atomic E-state index is 12.6. The SMILES string of the molecule is O=C1C(O)c2ccccc2[C@]12C=Cc1ccccc12. The molecule has 1 unspecified atom stereocenters. The minimum absolute atomic E-state index is 0.144. The van der Waals surface area contributed by atoms with E-state index in [1.54, 1.807) is 0 Å². The summed E-state index contributed by atoms with van der Waals surface area (Å²) in [6.07, 6.45) is 2.88. The average molecular weight is 248 g/mol. The van der Waals surface area contributed by atoms with Gasteiger partial charge in [-0.3, -0.25) is 4.79 Å². The van der Waals surface area contributed by atoms with Gasteiger partial charge in [0, 0.05) is 0 Å². The maximum atomic E-state index is 12.6. The Balaban J connectivity index is 2.09. The van der Waals surface area contributed by atoms with Crippen LogP contribution in [0.3, 0.4) is 0 Å². The second-order valence-electron chi connectivity index (χ2n) is 5.08. The summed E-state index contributed by atoms with van der Waals surface area (Å²) in [5, 5.41) is 10.2. The second-order valence-corrected chi connectivity index (χ2v) is 5.08. The number of carbonyl (C=O) groups excluding carboxylic acids is 1. The van der Waals surface area contributed by atoms with Crippen LogP contribution in [0, 0.1) is 0 Å². The van der Waals surface area contributed by atoms with Gasteiger partial charge in [-0.25, -0.2) is 0 Å². The first kappa shape index (κ1) is 10.7. The largest absolute Gasteiger partial charge is 0.380 e. The molecule has 0 aliphatic heterocycles. The fraction of sp³-hybridized carbons (Fsp3) is 0.118. The minimum Gasteiger partial charge on any atom is -0.380 e. The predicted octanol–water partition coefficient (Wildman–Crippen LogP) is 2.62. The lowest BCUT2D eigenvalue weighted by Crippen LogP contribution is -2.31. The van der Waals surface area contributed by atoms with Gasteiger partial charge in [-0.1, -0.05) is 60.7 Å². The quantitative estimate of drug-likeness (QED) is 0.778. The van der Waals surface area contributed by atoms with Crippen molar-refractivity contribution >= 4 is 11.9 Å². The molecule has 0 aromatic heterocycles. The minimum atomic E-state index is -1.02. The highest BCUT2D eigenvalue weighted by Gasteiger charge is 2.52. The Kier molecular flexibility index (Phi) is 1.93. The Morgan fingerprint density at radius 2 is 1.63 bits per heavy atom. The first-order chi connectivity index (χ1) is 9.25. The zero-order valence-corrected chi connectivity index (χ0v) is 10.2. The van der Waals surface area contributed by atoms with Gasteiger partial charge in [0.1, 0.15) is 11.5 Å². The van der Waals surface area contributed by atoms with E-state index in [1.807, 2.05) is 60.7 Å². The number of allylic oxidation sites excluding steroid dienone is 1. The molecule has 2 aromatic rings. The van der Waals surface area contributed by atoms with E-state index in [1.165, 1.54) is 0 Å². The molecular weight excluding hydrogens is 236 g/mol. The van der Waals surface area contributed by atoms with Crippen molar-refractivity contribution in [3.05, 3.63) is 76.9 Å². The number of fused-ring (bicyclic) bond motifs is 4. The second kappa shape index (κ2) is 3.43. The monoisotopic (exact) mass is 248 g/mol. The Morgan fingerprint density at radius 3 is 2.47 bits per heavy atom. The zero-order valence-electron chi connectivity index (χ0n) is 10.2. The highest BCUT2D eigenvalue weighted by atomic mass is 16.3. The van der Waals surface area contributed by atoms with Gasteiger partial charge >= 0.3 is 0 Å². The van der Waals surface area contributed by atoms with Crippen molar-refractivity contribution in [3.63, 3.8) is 0 Å². The van der Waals surface area contributed by atoms with E-state index >= 15 is 0 Å². The molecule has 0 bridgehead atoms. The van der Waals surface area contributed by atoms with Crippen LogP contribution in [0.15, 0.2) is 54.6 Å². The lowest BCUT2D eigenvalue weighted by molar-refractivity contribution is -0.128. The lowest BCUT2D eigenvalue weighted by atomic mass is 9.76. The van der Waals surface area contributed by atoms with Gasteiger partial charge in [-0.15, -0.1) is 0 Å². The van der Waals surface area contributed by atoms with Gasteiger partial charge in [0.05, 0.1) is 0 Å². The Bertz CT molecular complexity index is 730. The van der Waals surface area contributed by atoms with Crippen LogP contribution in [0.1, 0.15) is 28.4 Å². The summed E-state index contributed by atoms with van der Waals surface area (Å²) in [5.41, 5.74) is 2.89. The molecule has 2 atom stereocenters. The van der Waals surface area contributed by atoms with Crippen LogP contribution >= 0.6 is 0 Å². The van der Waals surface area contributed by atoms with E-state index in [-0.39, 0.29) is 5.78 Å². The first-order valence-electron chi connectivity index (χ1n) is 6.36. The van der Waals surface area contributed by atoms with E-state index in [9.17, 15) is 9.90 Å². The fourth-order valence-electron chi connectivity index (χ4n) is 3.34. The molecule has 4 rings (SSSR count). The topological polar surface area (TPSA) is 37.3 Å². The van der Waals surface area contributed by atoms with Crippen LogP contribution in [-0.2, 0) is 10.2 Å². The molecule has 0 radical (unpaired) electrons. The van der Waals surface area contributed by atoms with Gasteiger partial charge in [0.15, 0.2) is 5.78 Å². The molecule has 2 nitrogen and oxygen atoms in total. The highest BCUT2D eigenvalue weighted by molar-refractivity contribution is 6.07. The number of aliphatic hydroxyl groups is 1. The number of hydrogen-bond acceptors (Lipinski definition) is 2. The van der Waals surface area contributed by atoms with Crippen molar-refractivity contribution in [2.75, 3.05) is 0 Å². The van der Waals surface area contributed by atoms with Crippen LogP contribution in [0.25, 0.3) is 6.08 Å². The molecule has 2 aromatic carbocycles. The van der Waals surface area contributed by atoms with Crippen molar-refractivity contribution in [2.45, 2.75) is 11.5 Å². The standard InChI is InChI=1S/C17H12O2/c18-15-12-6-2-4-8-14(12)17(16(15)19)10-9-11-5-1-3-7-13(11)17/h1-10,15,18H/t15?,17-/m1/s1. The predicted molar refractivity (Wildman–Crippen MR) is 72.7 cm³/mol. The Labute approximate surface area is 111 Å². The summed E-state index contributed by atoms with van der Waals surface area (Å²) < 4.78 is 0. The number of Topliss-reactive ketones (excluding diaryl/α,β-unsaturated/α-hetero) is 1. The van der Waals surface area contributed by atoms with E-state index in [0.29, 0.717) is 0 Å². The van der Waals surface area contributed by atoms with E-state index in [2.05, 4.69) is 0 Å². The molecule has 2 heteroatoms. The van der Waals surface area contributed by atoms with E-state index < -0.39 is 11.5 Å². The summed E-state index contributed by atoms with van der Waals surface area (Å²) in [4.78, 5) is 12.6. The smallest absolute Gasteiger partial charge is 0.184 e.